The molecular weight excluding hydrogens is 438 g/mol. The van der Waals surface area contributed by atoms with E-state index in [1.807, 2.05) is 0 Å². The summed E-state index contributed by atoms with van der Waals surface area (Å²) in [5.41, 5.74) is 1.32. The lowest BCUT2D eigenvalue weighted by molar-refractivity contribution is -0.129. The summed E-state index contributed by atoms with van der Waals surface area (Å²) in [6.07, 6.45) is 8.07. The summed E-state index contributed by atoms with van der Waals surface area (Å²) in [5, 5.41) is 0. The van der Waals surface area contributed by atoms with Gasteiger partial charge in [-0.1, -0.05) is 79.9 Å². The van der Waals surface area contributed by atoms with E-state index in [0.29, 0.717) is 16.9 Å². The molecule has 0 heterocycles. The SMILES string of the molecule is C=CC(=O)Oc1ccc(C=Cc2ccc(C=Cc3ccccc3OC(=O)C=C)c(F)c2F)cc1. The number of halogens is 2. The number of benzene rings is 3. The number of esters is 2. The zero-order chi connectivity index (χ0) is 24.5. The first-order valence-corrected chi connectivity index (χ1v) is 10.1. The van der Waals surface area contributed by atoms with Gasteiger partial charge in [0, 0.05) is 28.8 Å². The van der Waals surface area contributed by atoms with E-state index in [0.717, 1.165) is 12.2 Å². The van der Waals surface area contributed by atoms with Gasteiger partial charge in [0.05, 0.1) is 0 Å². The van der Waals surface area contributed by atoms with Crippen LogP contribution in [0.15, 0.2) is 86.0 Å². The summed E-state index contributed by atoms with van der Waals surface area (Å²) in [6.45, 7) is 6.68. The van der Waals surface area contributed by atoms with Crippen LogP contribution in [0.5, 0.6) is 11.5 Å². The van der Waals surface area contributed by atoms with Gasteiger partial charge < -0.3 is 9.47 Å². The van der Waals surface area contributed by atoms with Gasteiger partial charge in [0.2, 0.25) is 0 Å². The van der Waals surface area contributed by atoms with E-state index in [4.69, 9.17) is 9.47 Å². The van der Waals surface area contributed by atoms with Crippen LogP contribution in [0.4, 0.5) is 8.78 Å². The fourth-order valence-corrected chi connectivity index (χ4v) is 2.87. The Morgan fingerprint density at radius 2 is 1.18 bits per heavy atom. The quantitative estimate of drug-likeness (QED) is 0.168. The number of hydrogen-bond donors (Lipinski definition) is 0. The Kier molecular flexibility index (Phi) is 8.02. The molecule has 0 unspecified atom stereocenters. The maximum absolute atomic E-state index is 14.6. The van der Waals surface area contributed by atoms with Gasteiger partial charge in [-0.3, -0.25) is 0 Å². The van der Waals surface area contributed by atoms with Crippen LogP contribution in [0.3, 0.4) is 0 Å². The van der Waals surface area contributed by atoms with Crippen LogP contribution in [0.2, 0.25) is 0 Å². The van der Waals surface area contributed by atoms with Crippen LogP contribution < -0.4 is 9.47 Å². The molecule has 170 valence electrons. The molecule has 0 aliphatic heterocycles. The molecule has 0 aliphatic rings. The van der Waals surface area contributed by atoms with Gasteiger partial charge in [-0.05, 0) is 23.8 Å². The minimum Gasteiger partial charge on any atom is -0.423 e. The molecule has 0 saturated carbocycles. The maximum Gasteiger partial charge on any atom is 0.335 e. The second kappa shape index (κ2) is 11.3. The Labute approximate surface area is 195 Å². The zero-order valence-corrected chi connectivity index (χ0v) is 18.0. The number of carbonyl (C=O) groups is 2. The molecule has 0 N–H and O–H groups in total. The first-order chi connectivity index (χ1) is 16.4. The minimum absolute atomic E-state index is 0.0351. The van der Waals surface area contributed by atoms with Crippen LogP contribution in [0.25, 0.3) is 24.3 Å². The lowest BCUT2D eigenvalue weighted by atomic mass is 10.1. The number of para-hydroxylation sites is 1. The third-order valence-electron chi connectivity index (χ3n) is 4.60. The van der Waals surface area contributed by atoms with Crippen molar-refractivity contribution in [2.24, 2.45) is 0 Å². The van der Waals surface area contributed by atoms with Gasteiger partial charge in [-0.2, -0.15) is 0 Å². The molecule has 0 saturated heterocycles. The van der Waals surface area contributed by atoms with Gasteiger partial charge >= 0.3 is 11.9 Å². The normalized spacial score (nSPS) is 10.9. The van der Waals surface area contributed by atoms with Gasteiger partial charge in [-0.15, -0.1) is 0 Å². The molecule has 6 heteroatoms. The molecule has 3 aromatic rings. The Morgan fingerprint density at radius 1 is 0.647 bits per heavy atom. The standard InChI is InChI=1S/C28H20F2O4/c1-3-25(31)33-23-17-10-19(11-18-23)9-12-21-15-16-22(28(30)27(21)29)14-13-20-7-5-6-8-24(20)34-26(32)4-2/h3-18H,1-2H2. The minimum atomic E-state index is -1.01. The second-order valence-electron chi connectivity index (χ2n) is 6.90. The van der Waals surface area contributed by atoms with Gasteiger partial charge in [-0.25, -0.2) is 18.4 Å². The number of ether oxygens (including phenoxy) is 2. The van der Waals surface area contributed by atoms with Crippen LogP contribution in [0, 0.1) is 11.6 Å². The Hall–Kier alpha value is -4.58. The highest BCUT2D eigenvalue weighted by atomic mass is 19.2. The predicted octanol–water partition coefficient (Wildman–Crippen LogP) is 6.49. The molecular formula is C28H20F2O4. The molecule has 0 atom stereocenters. The second-order valence-corrected chi connectivity index (χ2v) is 6.90. The molecule has 3 aromatic carbocycles. The van der Waals surface area contributed by atoms with E-state index in [9.17, 15) is 18.4 Å². The van der Waals surface area contributed by atoms with Crippen molar-refractivity contribution < 1.29 is 27.8 Å². The van der Waals surface area contributed by atoms with Crippen molar-refractivity contribution in [2.75, 3.05) is 0 Å². The molecule has 0 aromatic heterocycles. The lowest BCUT2D eigenvalue weighted by Crippen LogP contribution is -2.04. The van der Waals surface area contributed by atoms with Crippen molar-refractivity contribution in [1.82, 2.24) is 0 Å². The van der Waals surface area contributed by atoms with Crippen molar-refractivity contribution in [3.05, 3.63) is 120 Å². The fourth-order valence-electron chi connectivity index (χ4n) is 2.87. The molecule has 4 nitrogen and oxygen atoms in total. The Bertz CT molecular complexity index is 1290. The van der Waals surface area contributed by atoms with Crippen molar-refractivity contribution >= 4 is 36.2 Å². The van der Waals surface area contributed by atoms with E-state index in [1.165, 1.54) is 30.4 Å². The average Bonchev–Trinajstić information content (AvgIpc) is 2.85. The van der Waals surface area contributed by atoms with Gasteiger partial charge in [0.1, 0.15) is 11.5 Å². The average molecular weight is 458 g/mol. The molecule has 0 aliphatic carbocycles. The molecule has 0 spiro atoms. The van der Waals surface area contributed by atoms with Crippen molar-refractivity contribution in [2.45, 2.75) is 0 Å². The number of rotatable bonds is 8. The van der Waals surface area contributed by atoms with Gasteiger partial charge in [0.25, 0.3) is 0 Å². The third kappa shape index (κ3) is 6.23. The summed E-state index contributed by atoms with van der Waals surface area (Å²) < 4.78 is 39.4. The Morgan fingerprint density at radius 3 is 1.79 bits per heavy atom. The Balaban J connectivity index is 1.77. The van der Waals surface area contributed by atoms with Crippen LogP contribution in [-0.4, -0.2) is 11.9 Å². The molecule has 0 bridgehead atoms. The molecule has 3 rings (SSSR count). The van der Waals surface area contributed by atoms with Crippen LogP contribution >= 0.6 is 0 Å². The first-order valence-electron chi connectivity index (χ1n) is 10.1. The molecule has 0 fully saturated rings. The highest BCUT2D eigenvalue weighted by molar-refractivity contribution is 5.85. The highest BCUT2D eigenvalue weighted by Gasteiger charge is 2.11. The van der Waals surface area contributed by atoms with Crippen molar-refractivity contribution in [1.29, 1.82) is 0 Å². The van der Waals surface area contributed by atoms with E-state index in [-0.39, 0.29) is 16.9 Å². The summed E-state index contributed by atoms with van der Waals surface area (Å²) in [5.74, 6) is -2.59. The monoisotopic (exact) mass is 458 g/mol. The first kappa shape index (κ1) is 24.1. The highest BCUT2D eigenvalue weighted by Crippen LogP contribution is 2.24. The molecule has 0 amide bonds. The van der Waals surface area contributed by atoms with E-state index < -0.39 is 23.6 Å². The van der Waals surface area contributed by atoms with Crippen LogP contribution in [0.1, 0.15) is 22.3 Å². The fraction of sp³-hybridized carbons (Fsp3) is 0. The van der Waals surface area contributed by atoms with E-state index in [2.05, 4.69) is 13.2 Å². The number of carbonyl (C=O) groups excluding carboxylic acids is 2. The number of hydrogen-bond acceptors (Lipinski definition) is 4. The summed E-state index contributed by atoms with van der Waals surface area (Å²) >= 11 is 0. The third-order valence-corrected chi connectivity index (χ3v) is 4.60. The maximum atomic E-state index is 14.6. The summed E-state index contributed by atoms with van der Waals surface area (Å²) in [6, 6.07) is 16.1. The van der Waals surface area contributed by atoms with Crippen molar-refractivity contribution in [3.8, 4) is 11.5 Å². The predicted molar refractivity (Wildman–Crippen MR) is 129 cm³/mol. The molecule has 0 radical (unpaired) electrons. The summed E-state index contributed by atoms with van der Waals surface area (Å²) in [7, 11) is 0. The van der Waals surface area contributed by atoms with Gasteiger partial charge in [0.15, 0.2) is 11.6 Å². The topological polar surface area (TPSA) is 52.6 Å². The smallest absolute Gasteiger partial charge is 0.335 e. The molecule has 34 heavy (non-hydrogen) atoms. The van der Waals surface area contributed by atoms with E-state index >= 15 is 0 Å². The van der Waals surface area contributed by atoms with Crippen LogP contribution in [-0.2, 0) is 9.59 Å². The zero-order valence-electron chi connectivity index (χ0n) is 18.0. The largest absolute Gasteiger partial charge is 0.423 e. The summed E-state index contributed by atoms with van der Waals surface area (Å²) in [4.78, 5) is 22.7. The van der Waals surface area contributed by atoms with Crippen molar-refractivity contribution in [3.63, 3.8) is 0 Å². The van der Waals surface area contributed by atoms with E-state index in [1.54, 1.807) is 54.6 Å². The lowest BCUT2D eigenvalue weighted by Gasteiger charge is -2.06.